The van der Waals surface area contributed by atoms with Crippen LogP contribution in [0.3, 0.4) is 0 Å². The van der Waals surface area contributed by atoms with E-state index in [1.54, 1.807) is 0 Å². The minimum atomic E-state index is -3.74. The summed E-state index contributed by atoms with van der Waals surface area (Å²) in [7, 11) is -3.74. The molecule has 1 heterocycles. The lowest BCUT2D eigenvalue weighted by atomic mass is 10.0. The van der Waals surface area contributed by atoms with Crippen LogP contribution < -0.4 is 0 Å². The molecule has 20 heavy (non-hydrogen) atoms. The summed E-state index contributed by atoms with van der Waals surface area (Å²) in [4.78, 5) is -0.155. The van der Waals surface area contributed by atoms with Crippen LogP contribution in [0.1, 0.15) is 25.3 Å². The summed E-state index contributed by atoms with van der Waals surface area (Å²) < 4.78 is 40.0. The third-order valence-electron chi connectivity index (χ3n) is 3.50. The molecule has 0 aliphatic carbocycles. The predicted octanol–water partition coefficient (Wildman–Crippen LogP) is 2.39. The van der Waals surface area contributed by atoms with E-state index in [9.17, 15) is 12.8 Å². The van der Waals surface area contributed by atoms with Crippen molar-refractivity contribution in [3.05, 3.63) is 28.5 Å². The average Bonchev–Trinajstić information content (AvgIpc) is 2.41. The number of benzene rings is 1. The van der Waals surface area contributed by atoms with Crippen molar-refractivity contribution in [1.82, 2.24) is 4.31 Å². The molecule has 0 saturated carbocycles. The lowest BCUT2D eigenvalue weighted by Gasteiger charge is -2.30. The molecular weight excluding hydrogens is 305 g/mol. The maximum atomic E-state index is 13.7. The quantitative estimate of drug-likeness (QED) is 0.930. The zero-order chi connectivity index (χ0) is 14.9. The molecule has 1 atom stereocenters. The van der Waals surface area contributed by atoms with Crippen LogP contribution >= 0.6 is 11.6 Å². The van der Waals surface area contributed by atoms with Gasteiger partial charge in [0.1, 0.15) is 5.82 Å². The topological polar surface area (TPSA) is 57.6 Å². The second-order valence-corrected chi connectivity index (χ2v) is 7.46. The minimum Gasteiger partial charge on any atom is -0.392 e. The molecule has 0 aromatic heterocycles. The summed E-state index contributed by atoms with van der Waals surface area (Å²) in [5.74, 6) is -0.546. The largest absolute Gasteiger partial charge is 0.392 e. The van der Waals surface area contributed by atoms with Gasteiger partial charge < -0.3 is 5.11 Å². The highest BCUT2D eigenvalue weighted by Crippen LogP contribution is 2.28. The minimum absolute atomic E-state index is 0.0790. The zero-order valence-corrected chi connectivity index (χ0v) is 12.7. The second-order valence-electron chi connectivity index (χ2n) is 5.15. The highest BCUT2D eigenvalue weighted by atomic mass is 35.5. The van der Waals surface area contributed by atoms with Crippen LogP contribution in [0.4, 0.5) is 4.39 Å². The number of aliphatic hydroxyl groups excluding tert-OH is 1. The SMILES string of the molecule is CC1CCCN(S(=O)(=O)c2cc(F)c(Cl)c(CO)c2)C1. The van der Waals surface area contributed by atoms with E-state index >= 15 is 0 Å². The maximum absolute atomic E-state index is 13.7. The van der Waals surface area contributed by atoms with Crippen LogP contribution in [0.15, 0.2) is 17.0 Å². The Morgan fingerprint density at radius 2 is 2.20 bits per heavy atom. The molecule has 1 unspecified atom stereocenters. The van der Waals surface area contributed by atoms with E-state index in [2.05, 4.69) is 0 Å². The number of sulfonamides is 1. The first-order chi connectivity index (χ1) is 9.36. The van der Waals surface area contributed by atoms with Gasteiger partial charge >= 0.3 is 0 Å². The van der Waals surface area contributed by atoms with Gasteiger partial charge in [-0.3, -0.25) is 0 Å². The van der Waals surface area contributed by atoms with E-state index in [-0.39, 0.29) is 21.4 Å². The molecule has 4 nitrogen and oxygen atoms in total. The van der Waals surface area contributed by atoms with E-state index in [0.29, 0.717) is 13.1 Å². The second kappa shape index (κ2) is 5.97. The van der Waals surface area contributed by atoms with Gasteiger partial charge in [0.05, 0.1) is 16.5 Å². The third kappa shape index (κ3) is 2.98. The van der Waals surface area contributed by atoms with E-state index in [1.807, 2.05) is 6.92 Å². The van der Waals surface area contributed by atoms with Gasteiger partial charge in [-0.15, -0.1) is 0 Å². The lowest BCUT2D eigenvalue weighted by Crippen LogP contribution is -2.39. The molecule has 1 saturated heterocycles. The van der Waals surface area contributed by atoms with Crippen LogP contribution in [0.5, 0.6) is 0 Å². The molecule has 0 spiro atoms. The van der Waals surface area contributed by atoms with Crippen molar-refractivity contribution in [2.45, 2.75) is 31.3 Å². The molecule has 7 heteroatoms. The Balaban J connectivity index is 2.41. The Kier molecular flexibility index (Phi) is 4.69. The molecule has 0 radical (unpaired) electrons. The van der Waals surface area contributed by atoms with Crippen LogP contribution in [0.25, 0.3) is 0 Å². The Bertz CT molecular complexity index is 606. The van der Waals surface area contributed by atoms with Gasteiger partial charge in [0.15, 0.2) is 0 Å². The zero-order valence-electron chi connectivity index (χ0n) is 11.1. The Morgan fingerprint density at radius 3 is 2.80 bits per heavy atom. The molecule has 1 aromatic carbocycles. The van der Waals surface area contributed by atoms with E-state index in [1.165, 1.54) is 10.4 Å². The van der Waals surface area contributed by atoms with Gasteiger partial charge in [-0.1, -0.05) is 18.5 Å². The van der Waals surface area contributed by atoms with Crippen LogP contribution in [-0.4, -0.2) is 30.9 Å². The monoisotopic (exact) mass is 321 g/mol. The number of hydrogen-bond acceptors (Lipinski definition) is 3. The molecule has 1 N–H and O–H groups in total. The number of rotatable bonds is 3. The van der Waals surface area contributed by atoms with E-state index < -0.39 is 22.4 Å². The molecule has 0 amide bonds. The molecule has 1 aliphatic heterocycles. The number of hydrogen-bond donors (Lipinski definition) is 1. The first-order valence-corrected chi connectivity index (χ1v) is 8.27. The van der Waals surface area contributed by atoms with Gasteiger partial charge in [-0.05, 0) is 30.9 Å². The Morgan fingerprint density at radius 1 is 1.50 bits per heavy atom. The van der Waals surface area contributed by atoms with Crippen molar-refractivity contribution in [3.8, 4) is 0 Å². The summed E-state index contributed by atoms with van der Waals surface area (Å²) in [6.45, 7) is 2.35. The van der Waals surface area contributed by atoms with Gasteiger partial charge in [-0.25, -0.2) is 12.8 Å². The highest BCUT2D eigenvalue weighted by molar-refractivity contribution is 7.89. The smallest absolute Gasteiger partial charge is 0.243 e. The lowest BCUT2D eigenvalue weighted by molar-refractivity contribution is 0.278. The Hall–Kier alpha value is -0.690. The highest BCUT2D eigenvalue weighted by Gasteiger charge is 2.29. The predicted molar refractivity (Wildman–Crippen MR) is 74.5 cm³/mol. The van der Waals surface area contributed by atoms with Gasteiger partial charge in [0, 0.05) is 18.7 Å². The molecule has 1 aromatic rings. The molecule has 1 aliphatic rings. The van der Waals surface area contributed by atoms with Crippen LogP contribution in [0, 0.1) is 11.7 Å². The molecule has 2 rings (SSSR count). The number of nitrogens with zero attached hydrogens (tertiary/aromatic N) is 1. The van der Waals surface area contributed by atoms with Crippen molar-refractivity contribution in [3.63, 3.8) is 0 Å². The van der Waals surface area contributed by atoms with Gasteiger partial charge in [0.25, 0.3) is 0 Å². The summed E-state index contributed by atoms with van der Waals surface area (Å²) in [6, 6.07) is 2.15. The van der Waals surface area contributed by atoms with Gasteiger partial charge in [-0.2, -0.15) is 4.31 Å². The van der Waals surface area contributed by atoms with Crippen molar-refractivity contribution < 1.29 is 17.9 Å². The van der Waals surface area contributed by atoms with E-state index in [4.69, 9.17) is 16.7 Å². The fourth-order valence-corrected chi connectivity index (χ4v) is 4.23. The number of halogens is 2. The maximum Gasteiger partial charge on any atom is 0.243 e. The third-order valence-corrected chi connectivity index (χ3v) is 5.77. The normalized spacial score (nSPS) is 21.1. The number of piperidine rings is 1. The van der Waals surface area contributed by atoms with Crippen molar-refractivity contribution in [2.75, 3.05) is 13.1 Å². The fraction of sp³-hybridized carbons (Fsp3) is 0.538. The summed E-state index contributed by atoms with van der Waals surface area (Å²) in [5, 5.41) is 8.89. The molecular formula is C13H17ClFNO3S. The average molecular weight is 322 g/mol. The fourth-order valence-electron chi connectivity index (χ4n) is 2.40. The van der Waals surface area contributed by atoms with Crippen LogP contribution in [-0.2, 0) is 16.6 Å². The summed E-state index contributed by atoms with van der Waals surface area (Å²) in [5.41, 5.74) is 0.0790. The van der Waals surface area contributed by atoms with Crippen LogP contribution in [0.2, 0.25) is 5.02 Å². The first-order valence-electron chi connectivity index (χ1n) is 6.45. The molecule has 1 fully saturated rings. The van der Waals surface area contributed by atoms with Gasteiger partial charge in [0.2, 0.25) is 10.0 Å². The van der Waals surface area contributed by atoms with Crippen molar-refractivity contribution in [2.24, 2.45) is 5.92 Å². The summed E-state index contributed by atoms with van der Waals surface area (Å²) in [6.07, 6.45) is 1.78. The molecule has 0 bridgehead atoms. The van der Waals surface area contributed by atoms with E-state index in [0.717, 1.165) is 18.9 Å². The first kappa shape index (κ1) is 15.7. The standard InChI is InChI=1S/C13H17ClFNO3S/c1-9-3-2-4-16(7-9)20(18,19)11-5-10(8-17)13(14)12(15)6-11/h5-6,9,17H,2-4,7-8H2,1H3. The number of aliphatic hydroxyl groups is 1. The van der Waals surface area contributed by atoms with Crippen molar-refractivity contribution in [1.29, 1.82) is 0 Å². The summed E-state index contributed by atoms with van der Waals surface area (Å²) >= 11 is 5.68. The van der Waals surface area contributed by atoms with Crippen molar-refractivity contribution >= 4 is 21.6 Å². The Labute approximate surface area is 123 Å². The molecule has 112 valence electrons.